The molecule has 18 nitrogen and oxygen atoms in total. The number of thioether (sulfide) groups is 1. The number of benzene rings is 1. The van der Waals surface area contributed by atoms with Gasteiger partial charge in [-0.3, -0.25) is 4.79 Å². The molecule has 2 fully saturated rings. The van der Waals surface area contributed by atoms with Crippen molar-refractivity contribution in [2.75, 3.05) is 63.1 Å². The molecule has 2 aliphatic heterocycles. The van der Waals surface area contributed by atoms with Gasteiger partial charge >= 0.3 is 5.97 Å². The molecular weight excluding hydrogens is 690 g/mol. The molecule has 2 heterocycles. The number of hydrogen-bond donors (Lipinski definition) is 9. The van der Waals surface area contributed by atoms with Crippen LogP contribution in [-0.2, 0) is 38.0 Å². The summed E-state index contributed by atoms with van der Waals surface area (Å²) in [5, 5.41) is 84.9. The lowest BCUT2D eigenvalue weighted by Gasteiger charge is -2.49. The number of nitrogens with one attached hydrogen (secondary N) is 1. The van der Waals surface area contributed by atoms with Gasteiger partial charge in [0.05, 0.1) is 33.0 Å². The van der Waals surface area contributed by atoms with Crippen LogP contribution in [0.2, 0.25) is 0 Å². The molecule has 0 saturated carbocycles. The normalized spacial score (nSPS) is 31.2. The zero-order valence-corrected chi connectivity index (χ0v) is 28.0. The van der Waals surface area contributed by atoms with E-state index in [0.717, 1.165) is 18.2 Å². The van der Waals surface area contributed by atoms with Gasteiger partial charge in [0.1, 0.15) is 55.1 Å². The minimum atomic E-state index is -2.90. The highest BCUT2D eigenvalue weighted by molar-refractivity contribution is 7.99. The lowest BCUT2D eigenvalue weighted by atomic mass is 9.94. The molecular formula is C31H47NO17S. The lowest BCUT2D eigenvalue weighted by Crippen LogP contribution is -2.71. The van der Waals surface area contributed by atoms with Gasteiger partial charge in [0.2, 0.25) is 18.0 Å². The Balaban J connectivity index is 1.36. The fourth-order valence-corrected chi connectivity index (χ4v) is 5.63. The molecule has 50 heavy (non-hydrogen) atoms. The Hall–Kier alpha value is -2.47. The molecule has 9 N–H and O–H groups in total. The number of hydrogen-bond acceptors (Lipinski definition) is 18. The Labute approximate surface area is 292 Å². The molecule has 19 heteroatoms. The van der Waals surface area contributed by atoms with Crippen molar-refractivity contribution in [1.29, 1.82) is 0 Å². The van der Waals surface area contributed by atoms with E-state index in [2.05, 4.69) is 11.9 Å². The van der Waals surface area contributed by atoms with Gasteiger partial charge in [-0.2, -0.15) is 11.8 Å². The number of aliphatic hydroxyl groups excluding tert-OH is 7. The fraction of sp³-hybridized carbons (Fsp3) is 0.677. The van der Waals surface area contributed by atoms with E-state index in [1.165, 1.54) is 24.3 Å². The molecule has 4 unspecified atom stereocenters. The molecule has 0 aromatic heterocycles. The Morgan fingerprint density at radius 1 is 0.860 bits per heavy atom. The second kappa shape index (κ2) is 21.2. The summed E-state index contributed by atoms with van der Waals surface area (Å²) in [5.41, 5.74) is 0.461. The first kappa shape index (κ1) is 41.9. The van der Waals surface area contributed by atoms with Crippen molar-refractivity contribution >= 4 is 29.3 Å². The fourth-order valence-electron chi connectivity index (χ4n) is 4.78. The van der Waals surface area contributed by atoms with E-state index in [1.54, 1.807) is 11.8 Å². The van der Waals surface area contributed by atoms with E-state index in [-0.39, 0.29) is 31.3 Å². The van der Waals surface area contributed by atoms with Crippen molar-refractivity contribution in [2.45, 2.75) is 73.9 Å². The van der Waals surface area contributed by atoms with Crippen molar-refractivity contribution < 1.29 is 83.6 Å². The zero-order chi connectivity index (χ0) is 36.7. The molecule has 2 saturated heterocycles. The number of amides is 1. The van der Waals surface area contributed by atoms with E-state index < -0.39 is 80.3 Å². The molecule has 1 aromatic rings. The van der Waals surface area contributed by atoms with Gasteiger partial charge in [-0.1, -0.05) is 6.58 Å². The number of carbonyl (C=O) groups excluding carboxylic acids is 2. The van der Waals surface area contributed by atoms with Gasteiger partial charge in [0.25, 0.3) is 0 Å². The van der Waals surface area contributed by atoms with Crippen molar-refractivity contribution in [1.82, 2.24) is 0 Å². The first-order valence-electron chi connectivity index (χ1n) is 15.9. The minimum absolute atomic E-state index is 0.134. The zero-order valence-electron chi connectivity index (χ0n) is 27.2. The Morgan fingerprint density at radius 3 is 2.20 bits per heavy atom. The lowest BCUT2D eigenvalue weighted by molar-refractivity contribution is -0.435. The maximum atomic E-state index is 12.4. The highest BCUT2D eigenvalue weighted by Gasteiger charge is 2.59. The van der Waals surface area contributed by atoms with Gasteiger partial charge in [-0.25, -0.2) is 4.79 Å². The third-order valence-electron chi connectivity index (χ3n) is 7.56. The highest BCUT2D eigenvalue weighted by Crippen LogP contribution is 2.36. The van der Waals surface area contributed by atoms with E-state index in [9.17, 15) is 50.4 Å². The van der Waals surface area contributed by atoms with E-state index in [4.69, 9.17) is 33.2 Å². The summed E-state index contributed by atoms with van der Waals surface area (Å²) >= 11 is 1.61. The maximum absolute atomic E-state index is 12.4. The van der Waals surface area contributed by atoms with Crippen LogP contribution >= 0.6 is 11.8 Å². The first-order chi connectivity index (χ1) is 23.9. The number of aliphatic hydroxyl groups is 8. The standard InChI is InChI=1S/C31H47NO17S/c1-2-23(36)45-13-12-44-11-10-43-9-3-14-50-15-8-22(35)32-18-4-6-19(7-5-18)46-29-27(40)28(41)31(42,21(17-34)48-29)49-30-26(39)25(38)24(37)20(16-33)47-30/h2,4-7,20-21,24-30,33-34,37-42H,1,3,8-17H2,(H,32,35)/t20?,21?,24-,25-,26?,27?,28+,29+,30-,31+/m0/s1. The average Bonchev–Trinajstić information content (AvgIpc) is 3.11. The Bertz CT molecular complexity index is 1170. The topological polar surface area (TPSA) is 273 Å². The Kier molecular flexibility index (Phi) is 17.7. The maximum Gasteiger partial charge on any atom is 0.330 e. The first-order valence-corrected chi connectivity index (χ1v) is 17.0. The van der Waals surface area contributed by atoms with Gasteiger partial charge in [-0.05, 0) is 36.4 Å². The van der Waals surface area contributed by atoms with Crippen LogP contribution in [0.25, 0.3) is 0 Å². The van der Waals surface area contributed by atoms with Gasteiger partial charge in [-0.15, -0.1) is 0 Å². The summed E-state index contributed by atoms with van der Waals surface area (Å²) < 4.78 is 37.1. The number of anilines is 1. The summed E-state index contributed by atoms with van der Waals surface area (Å²) in [6.07, 6.45) is -14.3. The summed E-state index contributed by atoms with van der Waals surface area (Å²) in [6.45, 7) is 3.31. The predicted octanol–water partition coefficient (Wildman–Crippen LogP) is -2.78. The van der Waals surface area contributed by atoms with Crippen LogP contribution in [0.1, 0.15) is 12.8 Å². The summed E-state index contributed by atoms with van der Waals surface area (Å²) in [6, 6.07) is 5.97. The van der Waals surface area contributed by atoms with Crippen LogP contribution in [0.3, 0.4) is 0 Å². The van der Waals surface area contributed by atoms with Crippen molar-refractivity contribution in [2.24, 2.45) is 0 Å². The predicted molar refractivity (Wildman–Crippen MR) is 173 cm³/mol. The molecule has 1 aromatic carbocycles. The van der Waals surface area contributed by atoms with Crippen LogP contribution in [0.5, 0.6) is 5.75 Å². The number of rotatable bonds is 21. The van der Waals surface area contributed by atoms with Crippen molar-refractivity contribution in [3.8, 4) is 5.75 Å². The number of esters is 1. The number of ether oxygens (including phenoxy) is 7. The van der Waals surface area contributed by atoms with Crippen molar-refractivity contribution in [3.63, 3.8) is 0 Å². The summed E-state index contributed by atoms with van der Waals surface area (Å²) in [7, 11) is 0. The molecule has 0 bridgehead atoms. The largest absolute Gasteiger partial charge is 0.462 e. The van der Waals surface area contributed by atoms with Gasteiger partial charge in [0.15, 0.2) is 6.29 Å². The second-order valence-corrected chi connectivity index (χ2v) is 12.4. The average molecular weight is 738 g/mol. The third-order valence-corrected chi connectivity index (χ3v) is 8.63. The number of carbonyl (C=O) groups is 2. The quantitative estimate of drug-likeness (QED) is 0.0267. The van der Waals surface area contributed by atoms with Crippen molar-refractivity contribution in [3.05, 3.63) is 36.9 Å². The summed E-state index contributed by atoms with van der Waals surface area (Å²) in [4.78, 5) is 23.3. The molecule has 0 radical (unpaired) electrons. The third kappa shape index (κ3) is 12.1. The molecule has 2 aliphatic rings. The molecule has 10 atom stereocenters. The van der Waals surface area contributed by atoms with Crippen LogP contribution in [0, 0.1) is 0 Å². The summed E-state index contributed by atoms with van der Waals surface area (Å²) in [5.74, 6) is -2.08. The van der Waals surface area contributed by atoms with E-state index >= 15 is 0 Å². The van der Waals surface area contributed by atoms with Crippen LogP contribution in [0.4, 0.5) is 5.69 Å². The highest BCUT2D eigenvalue weighted by atomic mass is 32.2. The SMILES string of the molecule is C=CC(=O)OCCOCCOCCCSCCC(=O)Nc1ccc(O[C@@H]2OC(CO)[C@@](O)(O[C@@H]3OC(CO)[C@H](O)[C@H](O)C3O)[C@H](O)C2O)cc1. The molecule has 0 aliphatic carbocycles. The Morgan fingerprint density at radius 2 is 1.54 bits per heavy atom. The second-order valence-electron chi connectivity index (χ2n) is 11.2. The molecule has 0 spiro atoms. The van der Waals surface area contributed by atoms with E-state index in [1.807, 2.05) is 0 Å². The molecule has 3 rings (SSSR count). The van der Waals surface area contributed by atoms with Crippen LogP contribution < -0.4 is 10.1 Å². The van der Waals surface area contributed by atoms with Gasteiger partial charge in [0, 0.05) is 30.5 Å². The van der Waals surface area contributed by atoms with E-state index in [0.29, 0.717) is 31.3 Å². The van der Waals surface area contributed by atoms with Crippen LogP contribution in [-0.4, -0.2) is 172 Å². The minimum Gasteiger partial charge on any atom is -0.462 e. The molecule has 1 amide bonds. The van der Waals surface area contributed by atoms with Gasteiger partial charge < -0.3 is 79.3 Å². The monoisotopic (exact) mass is 737 g/mol. The molecule has 284 valence electrons. The van der Waals surface area contributed by atoms with Crippen LogP contribution in [0.15, 0.2) is 36.9 Å². The smallest absolute Gasteiger partial charge is 0.330 e.